The number of allylic oxidation sites excluding steroid dienone is 2. The molecule has 1 aromatic rings. The van der Waals surface area contributed by atoms with Crippen LogP contribution < -0.4 is 4.74 Å². The van der Waals surface area contributed by atoms with Gasteiger partial charge in [0.25, 0.3) is 5.95 Å². The Hall–Kier alpha value is -1.67. The molecular weight excluding hydrogens is 348 g/mol. The molecule has 0 saturated carbocycles. The van der Waals surface area contributed by atoms with Crippen molar-refractivity contribution in [1.29, 1.82) is 0 Å². The molecule has 4 nitrogen and oxygen atoms in total. The third-order valence-electron chi connectivity index (χ3n) is 3.09. The number of rotatable bonds is 8. The van der Waals surface area contributed by atoms with E-state index in [4.69, 9.17) is 18.3 Å². The van der Waals surface area contributed by atoms with E-state index in [-0.39, 0.29) is 0 Å². The van der Waals surface area contributed by atoms with Crippen LogP contribution in [0.1, 0.15) is 12.5 Å². The molecule has 0 heterocycles. The maximum absolute atomic E-state index is 6.32. The lowest BCUT2D eigenvalue weighted by molar-refractivity contribution is 0.149. The van der Waals surface area contributed by atoms with E-state index in [1.165, 1.54) is 0 Å². The first-order chi connectivity index (χ1) is 11.5. The van der Waals surface area contributed by atoms with E-state index in [2.05, 4.69) is 39.3 Å². The van der Waals surface area contributed by atoms with Gasteiger partial charge < -0.3 is 18.3 Å². The molecule has 0 unspecified atom stereocenters. The largest absolute Gasteiger partial charge is 0.544 e. The van der Waals surface area contributed by atoms with Crippen LogP contribution in [0.25, 0.3) is 5.57 Å². The molecule has 0 aliphatic heterocycles. The van der Waals surface area contributed by atoms with Gasteiger partial charge in [0.15, 0.2) is 0 Å². The zero-order valence-corrected chi connectivity index (χ0v) is 19.0. The molecule has 0 saturated heterocycles. The SMILES string of the molecule is C/C=C(O[Si](C)(C)C)/C(=C(\OC)O[Si](C)(C)C)c1ccc(OC)cc1. The molecule has 1 aromatic carbocycles. The Morgan fingerprint density at radius 2 is 1.36 bits per heavy atom. The minimum Gasteiger partial charge on any atom is -0.544 e. The van der Waals surface area contributed by atoms with Gasteiger partial charge in [0.05, 0.1) is 14.2 Å². The van der Waals surface area contributed by atoms with E-state index in [0.29, 0.717) is 5.95 Å². The third-order valence-corrected chi connectivity index (χ3v) is 4.72. The van der Waals surface area contributed by atoms with Gasteiger partial charge in [0.2, 0.25) is 16.6 Å². The number of ether oxygens (including phenoxy) is 2. The van der Waals surface area contributed by atoms with Crippen molar-refractivity contribution in [1.82, 2.24) is 0 Å². The summed E-state index contributed by atoms with van der Waals surface area (Å²) in [6.07, 6.45) is 1.98. The average Bonchev–Trinajstić information content (AvgIpc) is 2.51. The molecule has 0 amide bonds. The molecule has 0 fully saturated rings. The molecule has 0 spiro atoms. The van der Waals surface area contributed by atoms with E-state index in [1.807, 2.05) is 37.3 Å². The Labute approximate surface area is 154 Å². The first-order valence-corrected chi connectivity index (χ1v) is 15.3. The summed E-state index contributed by atoms with van der Waals surface area (Å²) in [6.45, 7) is 14.8. The van der Waals surface area contributed by atoms with Crippen LogP contribution in [0.5, 0.6) is 5.75 Å². The molecule has 0 atom stereocenters. The molecule has 0 aromatic heterocycles. The van der Waals surface area contributed by atoms with Crippen molar-refractivity contribution < 1.29 is 18.3 Å². The van der Waals surface area contributed by atoms with Crippen molar-refractivity contribution in [2.45, 2.75) is 46.2 Å². The molecule has 140 valence electrons. The molecule has 0 bridgehead atoms. The second-order valence-electron chi connectivity index (χ2n) is 7.68. The van der Waals surface area contributed by atoms with E-state index in [1.54, 1.807) is 14.2 Å². The van der Waals surface area contributed by atoms with Crippen molar-refractivity contribution in [2.24, 2.45) is 0 Å². The summed E-state index contributed by atoms with van der Waals surface area (Å²) in [5.74, 6) is 2.11. The highest BCUT2D eigenvalue weighted by atomic mass is 28.4. The Kier molecular flexibility index (Phi) is 7.37. The standard InChI is InChI=1S/C19H32O4Si2/c1-10-17(22-24(4,5)6)18(19(21-3)23-25(7,8)9)15-11-13-16(20-2)14-12-15/h10-14H,1-9H3/b17-10-,19-18+. The summed E-state index contributed by atoms with van der Waals surface area (Å²) in [7, 11) is -0.351. The van der Waals surface area contributed by atoms with E-state index < -0.39 is 16.6 Å². The molecule has 0 aliphatic rings. The molecule has 6 heteroatoms. The fraction of sp³-hybridized carbons (Fsp3) is 0.474. The fourth-order valence-corrected chi connectivity index (χ4v) is 3.80. The number of hydrogen-bond acceptors (Lipinski definition) is 4. The van der Waals surface area contributed by atoms with Crippen LogP contribution in [0, 0.1) is 0 Å². The van der Waals surface area contributed by atoms with Crippen molar-refractivity contribution in [3.63, 3.8) is 0 Å². The van der Waals surface area contributed by atoms with Gasteiger partial charge in [-0.3, -0.25) is 0 Å². The van der Waals surface area contributed by atoms with Crippen LogP contribution in [-0.4, -0.2) is 30.9 Å². The Bertz CT molecular complexity index is 620. The highest BCUT2D eigenvalue weighted by molar-refractivity contribution is 6.70. The van der Waals surface area contributed by atoms with Gasteiger partial charge in [-0.05, 0) is 70.0 Å². The van der Waals surface area contributed by atoms with Gasteiger partial charge in [-0.15, -0.1) is 0 Å². The molecule has 0 radical (unpaired) electrons. The Morgan fingerprint density at radius 3 is 1.72 bits per heavy atom. The van der Waals surface area contributed by atoms with Crippen molar-refractivity contribution in [3.05, 3.63) is 47.6 Å². The third kappa shape index (κ3) is 6.99. The van der Waals surface area contributed by atoms with Crippen LogP contribution in [0.2, 0.25) is 39.3 Å². The van der Waals surface area contributed by atoms with E-state index in [0.717, 1.165) is 22.6 Å². The second kappa shape index (κ2) is 8.62. The predicted molar refractivity (Wildman–Crippen MR) is 110 cm³/mol. The summed E-state index contributed by atoms with van der Waals surface area (Å²) in [4.78, 5) is 0. The minimum absolute atomic E-state index is 0.510. The maximum Gasteiger partial charge on any atom is 0.277 e. The summed E-state index contributed by atoms with van der Waals surface area (Å²) in [5.41, 5.74) is 1.82. The highest BCUT2D eigenvalue weighted by Gasteiger charge is 2.27. The number of hydrogen-bond donors (Lipinski definition) is 0. The monoisotopic (exact) mass is 380 g/mol. The molecular formula is C19H32O4Si2. The predicted octanol–water partition coefficient (Wildman–Crippen LogP) is 5.62. The van der Waals surface area contributed by atoms with Gasteiger partial charge in [0.1, 0.15) is 17.1 Å². The van der Waals surface area contributed by atoms with Crippen LogP contribution in [0.15, 0.2) is 42.0 Å². The molecule has 0 N–H and O–H groups in total. The molecule has 25 heavy (non-hydrogen) atoms. The summed E-state index contributed by atoms with van der Waals surface area (Å²) >= 11 is 0. The maximum atomic E-state index is 6.32. The van der Waals surface area contributed by atoms with Gasteiger partial charge in [-0.2, -0.15) is 0 Å². The first kappa shape index (κ1) is 21.4. The lowest BCUT2D eigenvalue weighted by Gasteiger charge is -2.27. The van der Waals surface area contributed by atoms with Crippen LogP contribution in [0.3, 0.4) is 0 Å². The number of benzene rings is 1. The highest BCUT2D eigenvalue weighted by Crippen LogP contribution is 2.33. The zero-order valence-electron chi connectivity index (χ0n) is 17.0. The molecule has 1 rings (SSSR count). The lowest BCUT2D eigenvalue weighted by Crippen LogP contribution is -2.28. The summed E-state index contributed by atoms with van der Waals surface area (Å²) in [6, 6.07) is 7.85. The zero-order chi connectivity index (χ0) is 19.3. The van der Waals surface area contributed by atoms with Crippen molar-refractivity contribution >= 4 is 22.2 Å². The first-order valence-electron chi connectivity index (χ1n) is 8.48. The summed E-state index contributed by atoms with van der Waals surface area (Å²) < 4.78 is 23.5. The van der Waals surface area contributed by atoms with Gasteiger partial charge in [0, 0.05) is 0 Å². The van der Waals surface area contributed by atoms with Crippen LogP contribution in [-0.2, 0) is 13.6 Å². The topological polar surface area (TPSA) is 36.9 Å². The van der Waals surface area contributed by atoms with Gasteiger partial charge in [-0.25, -0.2) is 0 Å². The Balaban J connectivity index is 3.52. The Morgan fingerprint density at radius 1 is 0.840 bits per heavy atom. The minimum atomic E-state index is -1.85. The van der Waals surface area contributed by atoms with Gasteiger partial charge >= 0.3 is 0 Å². The second-order valence-corrected chi connectivity index (χ2v) is 16.5. The normalized spacial score (nSPS) is 13.9. The average molecular weight is 381 g/mol. The fourth-order valence-electron chi connectivity index (χ4n) is 2.18. The van der Waals surface area contributed by atoms with Crippen LogP contribution in [0.4, 0.5) is 0 Å². The van der Waals surface area contributed by atoms with E-state index >= 15 is 0 Å². The van der Waals surface area contributed by atoms with Gasteiger partial charge in [-0.1, -0.05) is 12.1 Å². The summed E-state index contributed by atoms with van der Waals surface area (Å²) in [5, 5.41) is 0. The smallest absolute Gasteiger partial charge is 0.277 e. The quantitative estimate of drug-likeness (QED) is 0.333. The number of methoxy groups -OCH3 is 2. The van der Waals surface area contributed by atoms with E-state index in [9.17, 15) is 0 Å². The van der Waals surface area contributed by atoms with Crippen molar-refractivity contribution in [2.75, 3.05) is 14.2 Å². The lowest BCUT2D eigenvalue weighted by atomic mass is 10.0. The van der Waals surface area contributed by atoms with Crippen LogP contribution >= 0.6 is 0 Å². The van der Waals surface area contributed by atoms with Crippen molar-refractivity contribution in [3.8, 4) is 5.75 Å². The molecule has 0 aliphatic carbocycles.